The molecule has 2 nitrogen and oxygen atoms in total. The quantitative estimate of drug-likeness (QED) is 0.431. The number of rotatable bonds is 14. The van der Waals surface area contributed by atoms with E-state index >= 15 is 0 Å². The van der Waals surface area contributed by atoms with Gasteiger partial charge < -0.3 is 5.32 Å². The Morgan fingerprint density at radius 1 is 0.684 bits per heavy atom. The van der Waals surface area contributed by atoms with E-state index in [-0.39, 0.29) is 5.91 Å². The van der Waals surface area contributed by atoms with E-state index in [0.717, 1.165) is 19.4 Å². The minimum absolute atomic E-state index is 0.217. The maximum atomic E-state index is 11.2. The maximum absolute atomic E-state index is 11.2. The lowest BCUT2D eigenvalue weighted by Gasteiger charge is -2.04. The molecule has 0 radical (unpaired) electrons. The fourth-order valence-corrected chi connectivity index (χ4v) is 2.33. The van der Waals surface area contributed by atoms with Gasteiger partial charge in [0.25, 0.3) is 0 Å². The Morgan fingerprint density at radius 2 is 1.16 bits per heavy atom. The number of carbonyl (C=O) groups excluding carboxylic acids is 1. The second kappa shape index (κ2) is 15.5. The predicted molar refractivity (Wildman–Crippen MR) is 84.4 cm³/mol. The van der Waals surface area contributed by atoms with E-state index in [2.05, 4.69) is 12.2 Å². The van der Waals surface area contributed by atoms with E-state index in [0.29, 0.717) is 6.42 Å². The minimum atomic E-state index is 0.217. The van der Waals surface area contributed by atoms with Gasteiger partial charge in [0, 0.05) is 13.0 Å². The van der Waals surface area contributed by atoms with E-state index in [9.17, 15) is 4.79 Å². The van der Waals surface area contributed by atoms with Crippen LogP contribution in [0.3, 0.4) is 0 Å². The Bertz CT molecular complexity index is 192. The first-order valence-electron chi connectivity index (χ1n) is 8.58. The molecule has 1 amide bonds. The summed E-state index contributed by atoms with van der Waals surface area (Å²) < 4.78 is 0. The number of carbonyl (C=O) groups is 1. The topological polar surface area (TPSA) is 29.1 Å². The molecule has 0 aliphatic carbocycles. The van der Waals surface area contributed by atoms with Crippen LogP contribution in [0.4, 0.5) is 0 Å². The van der Waals surface area contributed by atoms with Crippen molar-refractivity contribution in [2.45, 2.75) is 97.3 Å². The lowest BCUT2D eigenvalue weighted by atomic mass is 10.1. The molecule has 0 aliphatic heterocycles. The molecular formula is C17H35NO. The number of nitrogens with one attached hydrogen (secondary N) is 1. The Hall–Kier alpha value is -0.530. The van der Waals surface area contributed by atoms with Crippen LogP contribution in [0.15, 0.2) is 0 Å². The molecule has 0 spiro atoms. The van der Waals surface area contributed by atoms with Crippen LogP contribution in [0.1, 0.15) is 97.3 Å². The number of hydrogen-bond donors (Lipinski definition) is 1. The molecule has 0 saturated carbocycles. The first kappa shape index (κ1) is 18.5. The van der Waals surface area contributed by atoms with Crippen molar-refractivity contribution in [2.24, 2.45) is 0 Å². The van der Waals surface area contributed by atoms with Crippen LogP contribution in [-0.4, -0.2) is 12.5 Å². The molecular weight excluding hydrogens is 234 g/mol. The van der Waals surface area contributed by atoms with Crippen molar-refractivity contribution in [3.8, 4) is 0 Å². The molecule has 0 aromatic carbocycles. The molecule has 2 heteroatoms. The first-order chi connectivity index (χ1) is 9.31. The van der Waals surface area contributed by atoms with Crippen molar-refractivity contribution in [2.75, 3.05) is 6.54 Å². The predicted octanol–water partition coefficient (Wildman–Crippen LogP) is 5.21. The van der Waals surface area contributed by atoms with E-state index in [1.807, 2.05) is 6.92 Å². The third-order valence-corrected chi connectivity index (χ3v) is 3.58. The second-order valence-electron chi connectivity index (χ2n) is 5.64. The van der Waals surface area contributed by atoms with Crippen LogP contribution in [0.25, 0.3) is 0 Å². The molecule has 19 heavy (non-hydrogen) atoms. The summed E-state index contributed by atoms with van der Waals surface area (Å²) in [5.74, 6) is 0.217. The molecule has 0 unspecified atom stereocenters. The van der Waals surface area contributed by atoms with Gasteiger partial charge in [-0.1, -0.05) is 78.1 Å². The second-order valence-corrected chi connectivity index (χ2v) is 5.64. The van der Waals surface area contributed by atoms with Crippen molar-refractivity contribution < 1.29 is 4.79 Å². The van der Waals surface area contributed by atoms with Crippen molar-refractivity contribution in [3.05, 3.63) is 0 Å². The van der Waals surface area contributed by atoms with Crippen LogP contribution < -0.4 is 5.32 Å². The Kier molecular flexibility index (Phi) is 15.1. The van der Waals surface area contributed by atoms with Crippen molar-refractivity contribution in [1.82, 2.24) is 5.32 Å². The summed E-state index contributed by atoms with van der Waals surface area (Å²) in [6, 6.07) is 0. The van der Waals surface area contributed by atoms with Crippen LogP contribution in [0, 0.1) is 0 Å². The van der Waals surface area contributed by atoms with Crippen molar-refractivity contribution in [1.29, 1.82) is 0 Å². The van der Waals surface area contributed by atoms with Crippen LogP contribution in [0.5, 0.6) is 0 Å². The normalized spacial score (nSPS) is 10.6. The summed E-state index contributed by atoms with van der Waals surface area (Å²) >= 11 is 0. The smallest absolute Gasteiger partial charge is 0.219 e. The molecule has 0 aliphatic rings. The fraction of sp³-hybridized carbons (Fsp3) is 0.941. The van der Waals surface area contributed by atoms with Gasteiger partial charge in [-0.05, 0) is 12.8 Å². The van der Waals surface area contributed by atoms with E-state index in [1.165, 1.54) is 64.2 Å². The first-order valence-corrected chi connectivity index (χ1v) is 8.58. The zero-order valence-electron chi connectivity index (χ0n) is 13.3. The Morgan fingerprint density at radius 3 is 1.63 bits per heavy atom. The van der Waals surface area contributed by atoms with Gasteiger partial charge in [-0.25, -0.2) is 0 Å². The summed E-state index contributed by atoms with van der Waals surface area (Å²) in [6.07, 6.45) is 16.6. The lowest BCUT2D eigenvalue weighted by Crippen LogP contribution is -2.23. The monoisotopic (exact) mass is 269 g/mol. The highest BCUT2D eigenvalue weighted by Crippen LogP contribution is 2.10. The molecule has 0 heterocycles. The van der Waals surface area contributed by atoms with Crippen LogP contribution >= 0.6 is 0 Å². The summed E-state index contributed by atoms with van der Waals surface area (Å²) in [5.41, 5.74) is 0. The SMILES string of the molecule is CCCCCCCCCCCCCNC(=O)CCC. The summed E-state index contributed by atoms with van der Waals surface area (Å²) in [6.45, 7) is 5.18. The lowest BCUT2D eigenvalue weighted by molar-refractivity contribution is -0.121. The molecule has 0 saturated heterocycles. The molecule has 0 atom stereocenters. The largest absolute Gasteiger partial charge is 0.356 e. The van der Waals surface area contributed by atoms with Gasteiger partial charge in [-0.2, -0.15) is 0 Å². The highest BCUT2D eigenvalue weighted by atomic mass is 16.1. The van der Waals surface area contributed by atoms with Crippen molar-refractivity contribution in [3.63, 3.8) is 0 Å². The van der Waals surface area contributed by atoms with Gasteiger partial charge in [-0.15, -0.1) is 0 Å². The van der Waals surface area contributed by atoms with Crippen LogP contribution in [0.2, 0.25) is 0 Å². The summed E-state index contributed by atoms with van der Waals surface area (Å²) in [5, 5.41) is 2.98. The number of hydrogen-bond acceptors (Lipinski definition) is 1. The third kappa shape index (κ3) is 15.4. The Balaban J connectivity index is 3.01. The summed E-state index contributed by atoms with van der Waals surface area (Å²) in [7, 11) is 0. The minimum Gasteiger partial charge on any atom is -0.356 e. The number of amides is 1. The molecule has 114 valence electrons. The molecule has 0 fully saturated rings. The zero-order valence-corrected chi connectivity index (χ0v) is 13.3. The summed E-state index contributed by atoms with van der Waals surface area (Å²) in [4.78, 5) is 11.2. The van der Waals surface area contributed by atoms with E-state index < -0.39 is 0 Å². The highest BCUT2D eigenvalue weighted by molar-refractivity contribution is 5.75. The molecule has 0 bridgehead atoms. The fourth-order valence-electron chi connectivity index (χ4n) is 2.33. The highest BCUT2D eigenvalue weighted by Gasteiger charge is 1.97. The van der Waals surface area contributed by atoms with Gasteiger partial charge >= 0.3 is 0 Å². The third-order valence-electron chi connectivity index (χ3n) is 3.58. The Labute approximate surface area is 120 Å². The molecule has 0 aromatic rings. The maximum Gasteiger partial charge on any atom is 0.219 e. The van der Waals surface area contributed by atoms with Crippen molar-refractivity contribution >= 4 is 5.91 Å². The van der Waals surface area contributed by atoms with Gasteiger partial charge in [0.15, 0.2) is 0 Å². The van der Waals surface area contributed by atoms with Gasteiger partial charge in [-0.3, -0.25) is 4.79 Å². The standard InChI is InChI=1S/C17H35NO/c1-3-5-6-7-8-9-10-11-12-13-14-16-18-17(19)15-4-2/h3-16H2,1-2H3,(H,18,19). The average Bonchev–Trinajstić information content (AvgIpc) is 2.40. The van der Waals surface area contributed by atoms with Crippen LogP contribution in [-0.2, 0) is 4.79 Å². The van der Waals surface area contributed by atoms with Gasteiger partial charge in [0.1, 0.15) is 0 Å². The van der Waals surface area contributed by atoms with Gasteiger partial charge in [0.05, 0.1) is 0 Å². The molecule has 1 N–H and O–H groups in total. The average molecular weight is 269 g/mol. The van der Waals surface area contributed by atoms with E-state index in [1.54, 1.807) is 0 Å². The van der Waals surface area contributed by atoms with Gasteiger partial charge in [0.2, 0.25) is 5.91 Å². The molecule has 0 aromatic heterocycles. The number of unbranched alkanes of at least 4 members (excludes halogenated alkanes) is 10. The van der Waals surface area contributed by atoms with E-state index in [4.69, 9.17) is 0 Å². The zero-order chi connectivity index (χ0) is 14.2. The molecule has 0 rings (SSSR count).